The molecule has 2 heterocycles. The number of rotatable bonds is 4. The molecule has 6 nitrogen and oxygen atoms in total. The van der Waals surface area contributed by atoms with Crippen LogP contribution < -0.4 is 10.2 Å². The van der Waals surface area contributed by atoms with Crippen LogP contribution in [0.15, 0.2) is 64.1 Å². The number of nitrogens with zero attached hydrogens (tertiary/aromatic N) is 2. The summed E-state index contributed by atoms with van der Waals surface area (Å²) in [6, 6.07) is 11.3. The summed E-state index contributed by atoms with van der Waals surface area (Å²) in [4.78, 5) is 24.6. The van der Waals surface area contributed by atoms with E-state index in [0.717, 1.165) is 6.07 Å². The normalized spacial score (nSPS) is 11.7. The second kappa shape index (κ2) is 7.99. The first kappa shape index (κ1) is 21.4. The summed E-state index contributed by atoms with van der Waals surface area (Å²) >= 11 is 0. The first-order valence-electron chi connectivity index (χ1n) is 9.69. The molecule has 0 unspecified atom stereocenters. The van der Waals surface area contributed by atoms with Crippen LogP contribution >= 0.6 is 0 Å². The highest BCUT2D eigenvalue weighted by Crippen LogP contribution is 2.38. The molecule has 2 aromatic carbocycles. The molecule has 2 aromatic heterocycles. The molecule has 4 rings (SSSR count). The molecule has 0 saturated carbocycles. The fraction of sp³-hybridized carbons (Fsp3) is 0.174. The standard InChI is InChI=1S/C23H17F3N2O4/c1-3-14-9-17-19(10-18(14)31-13(2)29)32-22(23(24,25)26)20(21(17)30)15-11-27-28(12-15)16-7-5-4-6-8-16/h4-12H,3H2,1-2H3. The molecule has 0 spiro atoms. The van der Waals surface area contributed by atoms with Gasteiger partial charge in [0, 0.05) is 24.8 Å². The van der Waals surface area contributed by atoms with Crippen molar-refractivity contribution in [2.75, 3.05) is 0 Å². The lowest BCUT2D eigenvalue weighted by Crippen LogP contribution is -2.16. The topological polar surface area (TPSA) is 74.3 Å². The molecular weight excluding hydrogens is 425 g/mol. The van der Waals surface area contributed by atoms with E-state index in [4.69, 9.17) is 9.15 Å². The van der Waals surface area contributed by atoms with Gasteiger partial charge >= 0.3 is 12.1 Å². The number of carbonyl (C=O) groups is 1. The molecule has 0 bridgehead atoms. The molecule has 0 fully saturated rings. The Bertz CT molecular complexity index is 1370. The number of ether oxygens (including phenoxy) is 1. The highest BCUT2D eigenvalue weighted by atomic mass is 19.4. The average Bonchev–Trinajstić information content (AvgIpc) is 3.22. The number of esters is 1. The van der Waals surface area contributed by atoms with Crippen molar-refractivity contribution in [2.24, 2.45) is 0 Å². The van der Waals surface area contributed by atoms with Gasteiger partial charge in [-0.3, -0.25) is 9.59 Å². The Hall–Kier alpha value is -3.88. The van der Waals surface area contributed by atoms with E-state index in [1.165, 1.54) is 30.1 Å². The van der Waals surface area contributed by atoms with Crippen molar-refractivity contribution in [1.82, 2.24) is 9.78 Å². The second-order valence-corrected chi connectivity index (χ2v) is 7.05. The lowest BCUT2D eigenvalue weighted by atomic mass is 10.0. The minimum atomic E-state index is -4.94. The van der Waals surface area contributed by atoms with Crippen molar-refractivity contribution >= 4 is 16.9 Å². The van der Waals surface area contributed by atoms with Crippen molar-refractivity contribution in [1.29, 1.82) is 0 Å². The van der Waals surface area contributed by atoms with Crippen molar-refractivity contribution in [3.05, 3.63) is 76.4 Å². The van der Waals surface area contributed by atoms with Crippen molar-refractivity contribution in [2.45, 2.75) is 26.4 Å². The van der Waals surface area contributed by atoms with Crippen molar-refractivity contribution < 1.29 is 27.1 Å². The van der Waals surface area contributed by atoms with Gasteiger partial charge in [-0.15, -0.1) is 0 Å². The van der Waals surface area contributed by atoms with E-state index in [1.807, 2.05) is 0 Å². The van der Waals surface area contributed by atoms with Crippen LogP contribution in [0.1, 0.15) is 25.2 Å². The molecule has 0 saturated heterocycles. The summed E-state index contributed by atoms with van der Waals surface area (Å²) in [7, 11) is 0. The molecule has 32 heavy (non-hydrogen) atoms. The number of hydrogen-bond donors (Lipinski definition) is 0. The molecule has 0 aliphatic heterocycles. The van der Waals surface area contributed by atoms with Gasteiger partial charge in [0.2, 0.25) is 11.2 Å². The lowest BCUT2D eigenvalue weighted by Gasteiger charge is -2.14. The maximum Gasteiger partial charge on any atom is 0.450 e. The number of alkyl halides is 3. The fourth-order valence-corrected chi connectivity index (χ4v) is 3.43. The fourth-order valence-electron chi connectivity index (χ4n) is 3.43. The summed E-state index contributed by atoms with van der Waals surface area (Å²) in [6.07, 6.45) is -2.02. The van der Waals surface area contributed by atoms with Crippen LogP contribution in [-0.2, 0) is 17.4 Å². The third-order valence-corrected chi connectivity index (χ3v) is 4.86. The van der Waals surface area contributed by atoms with Gasteiger partial charge < -0.3 is 9.15 Å². The predicted molar refractivity (Wildman–Crippen MR) is 111 cm³/mol. The van der Waals surface area contributed by atoms with Gasteiger partial charge in [-0.1, -0.05) is 25.1 Å². The van der Waals surface area contributed by atoms with E-state index >= 15 is 0 Å². The highest BCUT2D eigenvalue weighted by molar-refractivity contribution is 5.85. The van der Waals surface area contributed by atoms with Gasteiger partial charge in [0.15, 0.2) is 0 Å². The number of benzene rings is 2. The van der Waals surface area contributed by atoms with E-state index < -0.39 is 28.9 Å². The Balaban J connectivity index is 1.98. The predicted octanol–water partition coefficient (Wildman–Crippen LogP) is 5.15. The second-order valence-electron chi connectivity index (χ2n) is 7.05. The minimum Gasteiger partial charge on any atom is -0.450 e. The van der Waals surface area contributed by atoms with Crippen molar-refractivity contribution in [3.8, 4) is 22.6 Å². The maximum atomic E-state index is 13.9. The van der Waals surface area contributed by atoms with Gasteiger partial charge in [-0.2, -0.15) is 18.3 Å². The molecule has 164 valence electrons. The van der Waals surface area contributed by atoms with Gasteiger partial charge in [0.1, 0.15) is 11.3 Å². The van der Waals surface area contributed by atoms with Gasteiger partial charge in [0.05, 0.1) is 22.8 Å². The third-order valence-electron chi connectivity index (χ3n) is 4.86. The Morgan fingerprint density at radius 3 is 2.53 bits per heavy atom. The largest absolute Gasteiger partial charge is 0.450 e. The van der Waals surface area contributed by atoms with Gasteiger partial charge in [0.25, 0.3) is 0 Å². The molecule has 4 aromatic rings. The van der Waals surface area contributed by atoms with Crippen LogP contribution in [0, 0.1) is 0 Å². The Morgan fingerprint density at radius 1 is 1.19 bits per heavy atom. The Labute approximate surface area is 179 Å². The molecular formula is C23H17F3N2O4. The number of carbonyl (C=O) groups excluding carboxylic acids is 1. The minimum absolute atomic E-state index is 0.0288. The maximum absolute atomic E-state index is 13.9. The Morgan fingerprint density at radius 2 is 1.91 bits per heavy atom. The number of fused-ring (bicyclic) bond motifs is 1. The van der Waals surface area contributed by atoms with E-state index in [-0.39, 0.29) is 22.3 Å². The Kier molecular flexibility index (Phi) is 5.33. The zero-order chi connectivity index (χ0) is 23.0. The quantitative estimate of drug-likeness (QED) is 0.323. The van der Waals surface area contributed by atoms with Crippen LogP contribution in [0.2, 0.25) is 0 Å². The average molecular weight is 442 g/mol. The summed E-state index contributed by atoms with van der Waals surface area (Å²) in [5, 5.41) is 4.05. The third kappa shape index (κ3) is 3.89. The molecule has 0 amide bonds. The number of aromatic nitrogens is 2. The summed E-state index contributed by atoms with van der Waals surface area (Å²) < 4.78 is 53.3. The van der Waals surface area contributed by atoms with E-state index in [9.17, 15) is 22.8 Å². The molecule has 9 heteroatoms. The van der Waals surface area contributed by atoms with Crippen LogP contribution in [0.3, 0.4) is 0 Å². The summed E-state index contributed by atoms with van der Waals surface area (Å²) in [5.74, 6) is -2.03. The van der Waals surface area contributed by atoms with Gasteiger partial charge in [-0.05, 0) is 30.2 Å². The number of para-hydroxylation sites is 1. The highest BCUT2D eigenvalue weighted by Gasteiger charge is 2.40. The van der Waals surface area contributed by atoms with Crippen LogP contribution in [0.25, 0.3) is 27.8 Å². The molecule has 0 aliphatic carbocycles. The van der Waals surface area contributed by atoms with Gasteiger partial charge in [-0.25, -0.2) is 4.68 Å². The van der Waals surface area contributed by atoms with Crippen LogP contribution in [0.5, 0.6) is 5.75 Å². The zero-order valence-corrected chi connectivity index (χ0v) is 17.1. The summed E-state index contributed by atoms with van der Waals surface area (Å²) in [5.41, 5.74) is -0.721. The molecule has 0 atom stereocenters. The van der Waals surface area contributed by atoms with Crippen LogP contribution in [0.4, 0.5) is 13.2 Å². The first-order valence-corrected chi connectivity index (χ1v) is 9.69. The number of aryl methyl sites for hydroxylation is 1. The van der Waals surface area contributed by atoms with E-state index in [1.54, 1.807) is 37.3 Å². The monoisotopic (exact) mass is 442 g/mol. The van der Waals surface area contributed by atoms with E-state index in [2.05, 4.69) is 5.10 Å². The van der Waals surface area contributed by atoms with E-state index in [0.29, 0.717) is 17.7 Å². The first-order chi connectivity index (χ1) is 15.2. The molecule has 0 N–H and O–H groups in total. The molecule has 0 aliphatic rings. The number of hydrogen-bond acceptors (Lipinski definition) is 5. The van der Waals surface area contributed by atoms with Crippen molar-refractivity contribution in [3.63, 3.8) is 0 Å². The SMILES string of the molecule is CCc1cc2c(=O)c(-c3cnn(-c4ccccc4)c3)c(C(F)(F)F)oc2cc1OC(C)=O. The number of halogens is 3. The van der Waals surface area contributed by atoms with Crippen LogP contribution in [-0.4, -0.2) is 15.7 Å². The molecule has 0 radical (unpaired) electrons. The zero-order valence-electron chi connectivity index (χ0n) is 17.1. The lowest BCUT2D eigenvalue weighted by molar-refractivity contribution is -0.152. The summed E-state index contributed by atoms with van der Waals surface area (Å²) in [6.45, 7) is 2.94. The smallest absolute Gasteiger partial charge is 0.450 e.